The van der Waals surface area contributed by atoms with Gasteiger partial charge in [0.05, 0.1) is 7.47 Å². The van der Waals surface area contributed by atoms with E-state index in [2.05, 4.69) is 0 Å². The largest absolute Gasteiger partial charge is 0.481 e. The number of hydrogen-bond acceptors (Lipinski definition) is 2. The number of carboxylic acids is 1. The molecule has 0 aliphatic rings. The van der Waals surface area contributed by atoms with Gasteiger partial charge in [-0.15, -0.1) is 0 Å². The van der Waals surface area contributed by atoms with E-state index in [1.165, 1.54) is 0 Å². The van der Waals surface area contributed by atoms with Crippen LogP contribution in [0.15, 0.2) is 12.1 Å². The van der Waals surface area contributed by atoms with Crippen molar-refractivity contribution < 1.29 is 21.9 Å². The summed E-state index contributed by atoms with van der Waals surface area (Å²) < 4.78 is 36.5. The first kappa shape index (κ1) is 5.81. The molecule has 0 fully saturated rings. The lowest BCUT2D eigenvalue weighted by atomic mass is 10.1. The average molecular weight is 191 g/mol. The maximum Gasteiger partial charge on any atom is 0.303 e. The van der Waals surface area contributed by atoms with Crippen LogP contribution in [0.2, 0.25) is 0 Å². The maximum absolute atomic E-state index is 10.6. The summed E-state index contributed by atoms with van der Waals surface area (Å²) in [6.07, 6.45) is -4.07. The SMILES string of the molecule is [2H]/C(=C/CCC[C@H](C)O)C([2H])([2H])C([2H])([2H])C(=O)O. The number of carboxylic acid groups (broad SMARTS) is 1. The van der Waals surface area contributed by atoms with Crippen molar-refractivity contribution in [3.63, 3.8) is 0 Å². The molecule has 0 bridgehead atoms. The minimum absolute atomic E-state index is 0.291. The highest BCUT2D eigenvalue weighted by Crippen LogP contribution is 2.01. The van der Waals surface area contributed by atoms with E-state index in [1.807, 2.05) is 0 Å². The first-order chi connectivity index (χ1) is 8.03. The molecule has 3 heteroatoms. The molecule has 0 spiro atoms. The summed E-state index contributed by atoms with van der Waals surface area (Å²) in [5, 5.41) is 17.6. The first-order valence-electron chi connectivity index (χ1n) is 6.62. The van der Waals surface area contributed by atoms with E-state index in [1.54, 1.807) is 6.92 Å². The van der Waals surface area contributed by atoms with Gasteiger partial charge in [0.1, 0.15) is 0 Å². The Hall–Kier alpha value is -0.830. The molecule has 1 atom stereocenters. The van der Waals surface area contributed by atoms with Crippen LogP contribution >= 0.6 is 0 Å². The Bertz CT molecular complexity index is 325. The van der Waals surface area contributed by atoms with Crippen molar-refractivity contribution in [3.8, 4) is 0 Å². The van der Waals surface area contributed by atoms with Gasteiger partial charge in [0.2, 0.25) is 0 Å². The molecule has 0 heterocycles. The summed E-state index contributed by atoms with van der Waals surface area (Å²) in [7, 11) is 0. The smallest absolute Gasteiger partial charge is 0.303 e. The number of rotatable bonds is 7. The van der Waals surface area contributed by atoms with Gasteiger partial charge >= 0.3 is 5.97 Å². The van der Waals surface area contributed by atoms with Crippen molar-refractivity contribution in [2.45, 2.75) is 45.0 Å². The van der Waals surface area contributed by atoms with Crippen molar-refractivity contribution in [1.29, 1.82) is 0 Å². The maximum atomic E-state index is 10.6. The zero-order valence-electron chi connectivity index (χ0n) is 12.6. The molecule has 0 rings (SSSR count). The third-order valence-corrected chi connectivity index (χ3v) is 1.31. The van der Waals surface area contributed by atoms with E-state index in [0.29, 0.717) is 19.3 Å². The van der Waals surface area contributed by atoms with Crippen LogP contribution in [0.25, 0.3) is 0 Å². The molecule has 0 aliphatic carbocycles. The molecule has 0 aromatic rings. The summed E-state index contributed by atoms with van der Waals surface area (Å²) in [5.74, 6) is -1.94. The van der Waals surface area contributed by atoms with Crippen LogP contribution in [-0.4, -0.2) is 22.3 Å². The Kier molecular flexibility index (Phi) is 3.48. The summed E-state index contributed by atoms with van der Waals surface area (Å²) >= 11 is 0. The monoisotopic (exact) mass is 191 g/mol. The molecule has 13 heavy (non-hydrogen) atoms. The van der Waals surface area contributed by atoms with E-state index in [9.17, 15) is 4.79 Å². The van der Waals surface area contributed by atoms with Gasteiger partial charge in [0.25, 0.3) is 0 Å². The highest BCUT2D eigenvalue weighted by atomic mass is 16.4. The highest BCUT2D eigenvalue weighted by Gasteiger charge is 1.93. The van der Waals surface area contributed by atoms with Gasteiger partial charge in [-0.25, -0.2) is 0 Å². The van der Waals surface area contributed by atoms with Crippen molar-refractivity contribution in [2.24, 2.45) is 0 Å². The molecule has 76 valence electrons. The Morgan fingerprint density at radius 3 is 3.00 bits per heavy atom. The van der Waals surface area contributed by atoms with Gasteiger partial charge < -0.3 is 10.2 Å². The number of carbonyl (C=O) groups is 1. The quantitative estimate of drug-likeness (QED) is 0.477. The average Bonchev–Trinajstić information content (AvgIpc) is 2.23. The molecular formula is C10H18O3. The minimum Gasteiger partial charge on any atom is -0.481 e. The van der Waals surface area contributed by atoms with Crippen LogP contribution in [0.4, 0.5) is 0 Å². The lowest BCUT2D eigenvalue weighted by molar-refractivity contribution is -0.136. The van der Waals surface area contributed by atoms with E-state index >= 15 is 0 Å². The summed E-state index contributed by atoms with van der Waals surface area (Å²) in [4.78, 5) is 10.6. The van der Waals surface area contributed by atoms with Gasteiger partial charge in [-0.1, -0.05) is 12.1 Å². The molecule has 0 saturated carbocycles. The third kappa shape index (κ3) is 11.2. The van der Waals surface area contributed by atoms with Crippen molar-refractivity contribution in [1.82, 2.24) is 0 Å². The highest BCUT2D eigenvalue weighted by molar-refractivity contribution is 5.66. The fraction of sp³-hybridized carbons (Fsp3) is 0.700. The molecular weight excluding hydrogens is 168 g/mol. The Labute approximate surface area is 86.1 Å². The topological polar surface area (TPSA) is 57.5 Å². The van der Waals surface area contributed by atoms with Gasteiger partial charge in [-0.2, -0.15) is 0 Å². The molecule has 0 aromatic heterocycles. The van der Waals surface area contributed by atoms with Crippen LogP contribution in [-0.2, 0) is 4.79 Å². The molecule has 0 unspecified atom stereocenters. The first-order valence-corrected chi connectivity index (χ1v) is 4.12. The van der Waals surface area contributed by atoms with Gasteiger partial charge in [-0.3, -0.25) is 4.79 Å². The molecule has 0 radical (unpaired) electrons. The Morgan fingerprint density at radius 1 is 1.77 bits per heavy atom. The number of aliphatic carboxylic acids is 1. The standard InChI is InChI=1S/C10H18O3/c1-9(11)7-5-3-2-4-6-8-10(12)13/h2,4,9,11H,3,5-8H2,1H3,(H,12,13)/b4-2-/t9-/m0/s1/i4D,6D2,8D2. The van der Waals surface area contributed by atoms with Gasteiger partial charge in [-0.05, 0) is 32.6 Å². The molecule has 0 amide bonds. The number of aliphatic hydroxyl groups excluding tert-OH is 1. The van der Waals surface area contributed by atoms with E-state index in [0.717, 1.165) is 6.08 Å². The molecule has 0 aliphatic heterocycles. The number of allylic oxidation sites excluding steroid dienone is 2. The van der Waals surface area contributed by atoms with Gasteiger partial charge in [0, 0.05) is 11.9 Å². The van der Waals surface area contributed by atoms with Gasteiger partial charge in [0.15, 0.2) is 0 Å². The molecule has 2 N–H and O–H groups in total. The lowest BCUT2D eigenvalue weighted by Gasteiger charge is -1.99. The summed E-state index contributed by atoms with van der Waals surface area (Å²) in [6.45, 7) is 1.60. The second kappa shape index (κ2) is 7.80. The zero-order chi connectivity index (χ0) is 14.6. The second-order valence-corrected chi connectivity index (χ2v) is 2.68. The fourth-order valence-electron chi connectivity index (χ4n) is 0.728. The van der Waals surface area contributed by atoms with E-state index in [-0.39, 0.29) is 0 Å². The van der Waals surface area contributed by atoms with Crippen molar-refractivity contribution in [3.05, 3.63) is 12.1 Å². The summed E-state index contributed by atoms with van der Waals surface area (Å²) in [6, 6.07) is -0.694. The van der Waals surface area contributed by atoms with Crippen molar-refractivity contribution >= 4 is 5.97 Å². The van der Waals surface area contributed by atoms with E-state index in [4.69, 9.17) is 17.1 Å². The zero-order valence-corrected chi connectivity index (χ0v) is 7.58. The van der Waals surface area contributed by atoms with Crippen LogP contribution in [0.3, 0.4) is 0 Å². The number of hydrogen-bond donors (Lipinski definition) is 2. The number of aliphatic hydroxyl groups is 1. The predicted octanol–water partition coefficient (Wildman–Crippen LogP) is 1.96. The Balaban J connectivity index is 4.70. The molecule has 3 nitrogen and oxygen atoms in total. The normalized spacial score (nSPS) is 22.0. The molecule has 0 saturated heterocycles. The Morgan fingerprint density at radius 2 is 2.46 bits per heavy atom. The summed E-state index contributed by atoms with van der Waals surface area (Å²) in [5.41, 5.74) is 0. The van der Waals surface area contributed by atoms with Crippen LogP contribution in [0.1, 0.15) is 45.8 Å². The van der Waals surface area contributed by atoms with Crippen molar-refractivity contribution in [2.75, 3.05) is 0 Å². The lowest BCUT2D eigenvalue weighted by Crippen LogP contribution is -1.97. The predicted molar refractivity (Wildman–Crippen MR) is 51.5 cm³/mol. The van der Waals surface area contributed by atoms with Crippen LogP contribution in [0.5, 0.6) is 0 Å². The number of unbranched alkanes of at least 4 members (excludes halogenated alkanes) is 1. The molecule has 0 aromatic carbocycles. The minimum atomic E-state index is -3.15. The van der Waals surface area contributed by atoms with Crippen LogP contribution < -0.4 is 0 Å². The van der Waals surface area contributed by atoms with Crippen LogP contribution in [0, 0.1) is 0 Å². The van der Waals surface area contributed by atoms with E-state index < -0.39 is 30.9 Å². The fourth-order valence-corrected chi connectivity index (χ4v) is 0.728. The second-order valence-electron chi connectivity index (χ2n) is 2.68. The third-order valence-electron chi connectivity index (χ3n) is 1.31.